The lowest BCUT2D eigenvalue weighted by Crippen LogP contribution is -2.53. The number of amides is 2. The van der Waals surface area contributed by atoms with E-state index in [1.54, 1.807) is 32.9 Å². The van der Waals surface area contributed by atoms with Gasteiger partial charge in [-0.2, -0.15) is 0 Å². The van der Waals surface area contributed by atoms with Crippen LogP contribution >= 0.6 is 23.2 Å². The molecular formula is C29H32Cl2FN3O4S. The second-order valence-corrected chi connectivity index (χ2v) is 12.4. The summed E-state index contributed by atoms with van der Waals surface area (Å²) in [5.41, 5.74) is 1.44. The Morgan fingerprint density at radius 3 is 2.17 bits per heavy atom. The van der Waals surface area contributed by atoms with Crippen molar-refractivity contribution in [1.82, 2.24) is 10.2 Å². The van der Waals surface area contributed by atoms with Crippen molar-refractivity contribution in [2.75, 3.05) is 10.8 Å². The SMILES string of the molecule is CCC(C(=O)NC(C)C)N(Cc1ccc(F)cc1)C(=O)CN(c1cc(Cl)ccc1Cl)S(=O)(=O)c1ccc(C)cc1. The van der Waals surface area contributed by atoms with E-state index in [9.17, 15) is 22.4 Å². The molecule has 1 unspecified atom stereocenters. The smallest absolute Gasteiger partial charge is 0.264 e. The predicted octanol–water partition coefficient (Wildman–Crippen LogP) is 5.97. The Kier molecular flexibility index (Phi) is 10.6. The van der Waals surface area contributed by atoms with Gasteiger partial charge in [-0.05, 0) is 75.2 Å². The van der Waals surface area contributed by atoms with E-state index in [-0.39, 0.29) is 45.5 Å². The summed E-state index contributed by atoms with van der Waals surface area (Å²) in [6.45, 7) is 6.46. The maximum Gasteiger partial charge on any atom is 0.264 e. The maximum absolute atomic E-state index is 14.0. The molecule has 3 aromatic rings. The van der Waals surface area contributed by atoms with E-state index in [0.29, 0.717) is 5.56 Å². The molecule has 0 aliphatic rings. The van der Waals surface area contributed by atoms with Gasteiger partial charge >= 0.3 is 0 Å². The summed E-state index contributed by atoms with van der Waals surface area (Å²) in [6, 6.07) is 15.0. The number of hydrogen-bond donors (Lipinski definition) is 1. The molecule has 214 valence electrons. The molecule has 0 radical (unpaired) electrons. The van der Waals surface area contributed by atoms with Gasteiger partial charge in [0, 0.05) is 17.6 Å². The molecule has 1 atom stereocenters. The van der Waals surface area contributed by atoms with Crippen LogP contribution in [0.1, 0.15) is 38.3 Å². The Morgan fingerprint density at radius 2 is 1.60 bits per heavy atom. The Bertz CT molecular complexity index is 1450. The highest BCUT2D eigenvalue weighted by atomic mass is 35.5. The van der Waals surface area contributed by atoms with Crippen molar-refractivity contribution >= 4 is 50.7 Å². The lowest BCUT2D eigenvalue weighted by atomic mass is 10.1. The molecule has 0 aliphatic heterocycles. The van der Waals surface area contributed by atoms with E-state index in [0.717, 1.165) is 9.87 Å². The van der Waals surface area contributed by atoms with Crippen LogP contribution in [0, 0.1) is 12.7 Å². The van der Waals surface area contributed by atoms with Crippen LogP contribution in [0.25, 0.3) is 0 Å². The van der Waals surface area contributed by atoms with Crippen LogP contribution < -0.4 is 9.62 Å². The van der Waals surface area contributed by atoms with Gasteiger partial charge in [-0.25, -0.2) is 12.8 Å². The third-order valence-electron chi connectivity index (χ3n) is 6.15. The third-order valence-corrected chi connectivity index (χ3v) is 8.48. The van der Waals surface area contributed by atoms with Crippen LogP contribution in [-0.4, -0.2) is 43.8 Å². The average molecular weight is 609 g/mol. The maximum atomic E-state index is 14.0. The quantitative estimate of drug-likeness (QED) is 0.291. The molecule has 0 aromatic heterocycles. The first kappa shape index (κ1) is 31.4. The van der Waals surface area contributed by atoms with Gasteiger partial charge in [-0.15, -0.1) is 0 Å². The van der Waals surface area contributed by atoms with Crippen molar-refractivity contribution in [3.63, 3.8) is 0 Å². The van der Waals surface area contributed by atoms with Crippen molar-refractivity contribution in [3.8, 4) is 0 Å². The zero-order chi connectivity index (χ0) is 29.6. The number of aryl methyl sites for hydroxylation is 1. The summed E-state index contributed by atoms with van der Waals surface area (Å²) in [6.07, 6.45) is 0.258. The molecule has 1 N–H and O–H groups in total. The standard InChI is InChI=1S/C29H32Cl2FN3O4S/c1-5-26(29(37)33-19(2)3)34(17-21-8-11-23(32)12-9-21)28(36)18-35(27-16-22(30)10-15-25(27)31)40(38,39)24-13-6-20(4)7-14-24/h6-16,19,26H,5,17-18H2,1-4H3,(H,33,37). The largest absolute Gasteiger partial charge is 0.352 e. The van der Waals surface area contributed by atoms with E-state index in [2.05, 4.69) is 5.32 Å². The van der Waals surface area contributed by atoms with Crippen molar-refractivity contribution in [3.05, 3.63) is 93.7 Å². The van der Waals surface area contributed by atoms with Crippen LogP contribution in [0.5, 0.6) is 0 Å². The second-order valence-electron chi connectivity index (χ2n) is 9.66. The average Bonchev–Trinajstić information content (AvgIpc) is 2.89. The lowest BCUT2D eigenvalue weighted by molar-refractivity contribution is -0.140. The lowest BCUT2D eigenvalue weighted by Gasteiger charge is -2.33. The zero-order valence-electron chi connectivity index (χ0n) is 22.7. The summed E-state index contributed by atoms with van der Waals surface area (Å²) < 4.78 is 42.3. The van der Waals surface area contributed by atoms with E-state index >= 15 is 0 Å². The van der Waals surface area contributed by atoms with E-state index in [4.69, 9.17) is 23.2 Å². The number of halogens is 3. The van der Waals surface area contributed by atoms with Crippen molar-refractivity contribution in [2.45, 2.75) is 57.6 Å². The van der Waals surface area contributed by atoms with E-state index in [1.807, 2.05) is 6.92 Å². The highest BCUT2D eigenvalue weighted by molar-refractivity contribution is 7.92. The number of rotatable bonds is 11. The van der Waals surface area contributed by atoms with Gasteiger partial charge in [-0.3, -0.25) is 13.9 Å². The van der Waals surface area contributed by atoms with Crippen LogP contribution in [0.4, 0.5) is 10.1 Å². The normalized spacial score (nSPS) is 12.2. The molecule has 3 rings (SSSR count). The molecule has 0 saturated carbocycles. The van der Waals surface area contributed by atoms with Crippen LogP contribution in [0.2, 0.25) is 10.0 Å². The first-order chi connectivity index (χ1) is 18.8. The summed E-state index contributed by atoms with van der Waals surface area (Å²) >= 11 is 12.6. The fourth-order valence-electron chi connectivity index (χ4n) is 4.11. The molecule has 11 heteroatoms. The molecule has 7 nitrogen and oxygen atoms in total. The molecule has 2 amide bonds. The van der Waals surface area contributed by atoms with Gasteiger partial charge in [0.2, 0.25) is 11.8 Å². The van der Waals surface area contributed by atoms with Crippen molar-refractivity contribution in [2.24, 2.45) is 0 Å². The Morgan fingerprint density at radius 1 is 0.975 bits per heavy atom. The minimum atomic E-state index is -4.30. The summed E-state index contributed by atoms with van der Waals surface area (Å²) in [7, 11) is -4.30. The molecule has 0 spiro atoms. The predicted molar refractivity (Wildman–Crippen MR) is 156 cm³/mol. The summed E-state index contributed by atoms with van der Waals surface area (Å²) in [5, 5.41) is 3.12. The molecule has 40 heavy (non-hydrogen) atoms. The van der Waals surface area contributed by atoms with E-state index in [1.165, 1.54) is 59.5 Å². The van der Waals surface area contributed by atoms with Gasteiger partial charge in [0.25, 0.3) is 10.0 Å². The number of benzene rings is 3. The Balaban J connectivity index is 2.10. The number of carbonyl (C=O) groups excluding carboxylic acids is 2. The first-order valence-electron chi connectivity index (χ1n) is 12.7. The number of carbonyl (C=O) groups is 2. The van der Waals surface area contributed by atoms with Crippen LogP contribution in [0.3, 0.4) is 0 Å². The number of sulfonamides is 1. The minimum Gasteiger partial charge on any atom is -0.352 e. The van der Waals surface area contributed by atoms with Crippen LogP contribution in [0.15, 0.2) is 71.6 Å². The van der Waals surface area contributed by atoms with E-state index < -0.39 is 34.3 Å². The first-order valence-corrected chi connectivity index (χ1v) is 14.9. The number of hydrogen-bond acceptors (Lipinski definition) is 4. The minimum absolute atomic E-state index is 0.0181. The van der Waals surface area contributed by atoms with Crippen molar-refractivity contribution in [1.29, 1.82) is 0 Å². The molecule has 3 aromatic carbocycles. The molecular weight excluding hydrogens is 576 g/mol. The fraction of sp³-hybridized carbons (Fsp3) is 0.310. The fourth-order valence-corrected chi connectivity index (χ4v) is 5.98. The Labute approximate surface area is 244 Å². The number of anilines is 1. The van der Waals surface area contributed by atoms with Gasteiger partial charge in [0.1, 0.15) is 18.4 Å². The summed E-state index contributed by atoms with van der Waals surface area (Å²) in [4.78, 5) is 28.4. The number of nitrogens with zero attached hydrogens (tertiary/aromatic N) is 2. The van der Waals surface area contributed by atoms with Crippen LogP contribution in [-0.2, 0) is 26.2 Å². The van der Waals surface area contributed by atoms with Crippen molar-refractivity contribution < 1.29 is 22.4 Å². The monoisotopic (exact) mass is 607 g/mol. The number of nitrogens with one attached hydrogen (secondary N) is 1. The zero-order valence-corrected chi connectivity index (χ0v) is 25.0. The topological polar surface area (TPSA) is 86.8 Å². The molecule has 0 bridgehead atoms. The molecule has 0 aliphatic carbocycles. The van der Waals surface area contributed by atoms with Gasteiger partial charge in [0.05, 0.1) is 15.6 Å². The van der Waals surface area contributed by atoms with Gasteiger partial charge in [0.15, 0.2) is 0 Å². The summed E-state index contributed by atoms with van der Waals surface area (Å²) in [5.74, 6) is -1.49. The second kappa shape index (κ2) is 13.5. The highest BCUT2D eigenvalue weighted by Gasteiger charge is 2.34. The third kappa shape index (κ3) is 7.74. The van der Waals surface area contributed by atoms with Gasteiger partial charge in [-0.1, -0.05) is 60.0 Å². The highest BCUT2D eigenvalue weighted by Crippen LogP contribution is 2.33. The Hall–Kier alpha value is -3.14. The molecule has 0 saturated heterocycles. The molecule has 0 fully saturated rings. The van der Waals surface area contributed by atoms with Gasteiger partial charge < -0.3 is 10.2 Å². The molecule has 0 heterocycles.